The minimum atomic E-state index is -3.07. The summed E-state index contributed by atoms with van der Waals surface area (Å²) < 4.78 is 37.4. The van der Waals surface area contributed by atoms with Crippen LogP contribution < -0.4 is 0 Å². The van der Waals surface area contributed by atoms with Crippen molar-refractivity contribution < 1.29 is 17.6 Å². The molecule has 2 saturated heterocycles. The SMILES string of the molecule is C=CCN1C(=NC(=O)Cc2c(F)cccc2Cl)S[C@@H]2CS(=O)(=O)C[C@@H]21. The first-order valence-corrected chi connectivity index (χ1v) is 10.7. The van der Waals surface area contributed by atoms with Crippen molar-refractivity contribution in [2.75, 3.05) is 18.1 Å². The largest absolute Gasteiger partial charge is 0.342 e. The zero-order chi connectivity index (χ0) is 18.2. The van der Waals surface area contributed by atoms with Gasteiger partial charge in [-0.25, -0.2) is 12.8 Å². The second-order valence-corrected chi connectivity index (χ2v) is 9.67. The number of carbonyl (C=O) groups is 1. The molecule has 2 aliphatic rings. The topological polar surface area (TPSA) is 66.8 Å². The van der Waals surface area contributed by atoms with Gasteiger partial charge >= 0.3 is 0 Å². The third kappa shape index (κ3) is 3.91. The number of nitrogens with zero attached hydrogens (tertiary/aromatic N) is 2. The molecule has 1 aromatic rings. The number of amidine groups is 1. The van der Waals surface area contributed by atoms with Crippen molar-refractivity contribution in [2.45, 2.75) is 17.7 Å². The van der Waals surface area contributed by atoms with Crippen LogP contribution in [0.3, 0.4) is 0 Å². The van der Waals surface area contributed by atoms with Crippen LogP contribution in [0.15, 0.2) is 35.8 Å². The molecule has 1 amide bonds. The van der Waals surface area contributed by atoms with Crippen LogP contribution in [0, 0.1) is 5.82 Å². The molecule has 0 aromatic heterocycles. The molecular formula is C16H16ClFN2O3S2. The van der Waals surface area contributed by atoms with Crippen LogP contribution >= 0.6 is 23.4 Å². The Balaban J connectivity index is 1.80. The maximum absolute atomic E-state index is 13.8. The molecule has 9 heteroatoms. The molecule has 0 spiro atoms. The van der Waals surface area contributed by atoms with Crippen LogP contribution in [0.2, 0.25) is 5.02 Å². The van der Waals surface area contributed by atoms with Crippen LogP contribution in [-0.4, -0.2) is 53.7 Å². The zero-order valence-corrected chi connectivity index (χ0v) is 15.6. The summed E-state index contributed by atoms with van der Waals surface area (Å²) in [5.41, 5.74) is 0.111. The number of sulfone groups is 1. The summed E-state index contributed by atoms with van der Waals surface area (Å²) in [5, 5.41) is 0.495. The lowest BCUT2D eigenvalue weighted by molar-refractivity contribution is -0.117. The number of amides is 1. The number of benzene rings is 1. The van der Waals surface area contributed by atoms with Crippen molar-refractivity contribution in [3.05, 3.63) is 47.3 Å². The molecule has 2 atom stereocenters. The van der Waals surface area contributed by atoms with Gasteiger partial charge in [-0.2, -0.15) is 4.99 Å². The molecule has 0 bridgehead atoms. The fourth-order valence-electron chi connectivity index (χ4n) is 2.99. The van der Waals surface area contributed by atoms with E-state index in [1.165, 1.54) is 30.0 Å². The molecular weight excluding hydrogens is 387 g/mol. The summed E-state index contributed by atoms with van der Waals surface area (Å²) >= 11 is 7.22. The molecule has 2 aliphatic heterocycles. The van der Waals surface area contributed by atoms with E-state index in [-0.39, 0.29) is 39.8 Å². The van der Waals surface area contributed by atoms with Crippen molar-refractivity contribution >= 4 is 44.3 Å². The highest BCUT2D eigenvalue weighted by Gasteiger charge is 2.48. The van der Waals surface area contributed by atoms with Crippen LogP contribution in [-0.2, 0) is 21.1 Å². The minimum absolute atomic E-state index is 0.0465. The summed E-state index contributed by atoms with van der Waals surface area (Å²) in [6.07, 6.45) is 1.40. The lowest BCUT2D eigenvalue weighted by Crippen LogP contribution is -2.37. The zero-order valence-electron chi connectivity index (χ0n) is 13.2. The highest BCUT2D eigenvalue weighted by molar-refractivity contribution is 8.15. The van der Waals surface area contributed by atoms with Crippen molar-refractivity contribution in [1.82, 2.24) is 4.90 Å². The monoisotopic (exact) mass is 402 g/mol. The molecule has 134 valence electrons. The molecule has 25 heavy (non-hydrogen) atoms. The molecule has 0 radical (unpaired) electrons. The lowest BCUT2D eigenvalue weighted by atomic mass is 10.1. The van der Waals surface area contributed by atoms with E-state index in [1.54, 1.807) is 11.0 Å². The number of thioether (sulfide) groups is 1. The molecule has 0 aliphatic carbocycles. The highest BCUT2D eigenvalue weighted by atomic mass is 35.5. The Morgan fingerprint density at radius 1 is 1.48 bits per heavy atom. The Morgan fingerprint density at radius 2 is 2.24 bits per heavy atom. The normalized spacial score (nSPS) is 26.0. The Kier molecular flexibility index (Phi) is 5.22. The average molecular weight is 403 g/mol. The van der Waals surface area contributed by atoms with Gasteiger partial charge in [0.25, 0.3) is 5.91 Å². The smallest absolute Gasteiger partial charge is 0.252 e. The summed E-state index contributed by atoms with van der Waals surface area (Å²) in [5.74, 6) is -0.954. The van der Waals surface area contributed by atoms with Crippen LogP contribution in [0.5, 0.6) is 0 Å². The van der Waals surface area contributed by atoms with Crippen molar-refractivity contribution in [3.8, 4) is 0 Å². The molecule has 3 rings (SSSR count). The molecule has 2 heterocycles. The van der Waals surface area contributed by atoms with Gasteiger partial charge in [-0.05, 0) is 12.1 Å². The van der Waals surface area contributed by atoms with Crippen molar-refractivity contribution in [3.63, 3.8) is 0 Å². The Bertz CT molecular complexity index is 837. The molecule has 0 saturated carbocycles. The van der Waals surface area contributed by atoms with Gasteiger partial charge in [-0.3, -0.25) is 4.79 Å². The maximum atomic E-state index is 13.8. The fourth-order valence-corrected chi connectivity index (χ4v) is 7.19. The van der Waals surface area contributed by atoms with E-state index in [9.17, 15) is 17.6 Å². The minimum Gasteiger partial charge on any atom is -0.342 e. The van der Waals surface area contributed by atoms with Gasteiger partial charge in [0, 0.05) is 22.4 Å². The number of aliphatic imine (C=N–C) groups is 1. The Hall–Kier alpha value is -1.38. The second-order valence-electron chi connectivity index (χ2n) is 5.91. The first kappa shape index (κ1) is 18.4. The second kappa shape index (κ2) is 7.09. The predicted molar refractivity (Wildman–Crippen MR) is 98.3 cm³/mol. The summed E-state index contributed by atoms with van der Waals surface area (Å²) in [7, 11) is -3.07. The van der Waals surface area contributed by atoms with E-state index in [1.807, 2.05) is 0 Å². The van der Waals surface area contributed by atoms with Gasteiger partial charge in [-0.1, -0.05) is 35.5 Å². The first-order valence-electron chi connectivity index (χ1n) is 7.60. The van der Waals surface area contributed by atoms with E-state index in [4.69, 9.17) is 11.6 Å². The lowest BCUT2D eigenvalue weighted by Gasteiger charge is -2.22. The average Bonchev–Trinajstić information content (AvgIpc) is 2.96. The van der Waals surface area contributed by atoms with E-state index in [0.29, 0.717) is 11.7 Å². The van der Waals surface area contributed by atoms with Gasteiger partial charge in [0.2, 0.25) is 0 Å². The van der Waals surface area contributed by atoms with Crippen molar-refractivity contribution in [2.24, 2.45) is 4.99 Å². The van der Waals surface area contributed by atoms with Crippen LogP contribution in [0.4, 0.5) is 4.39 Å². The molecule has 0 unspecified atom stereocenters. The number of carbonyl (C=O) groups excluding carboxylic acids is 1. The number of rotatable bonds is 4. The molecule has 1 aromatic carbocycles. The van der Waals surface area contributed by atoms with Gasteiger partial charge in [0.1, 0.15) is 5.82 Å². The third-order valence-corrected chi connectivity index (χ3v) is 7.71. The van der Waals surface area contributed by atoms with Crippen molar-refractivity contribution in [1.29, 1.82) is 0 Å². The number of fused-ring (bicyclic) bond motifs is 1. The quantitative estimate of drug-likeness (QED) is 0.723. The van der Waals surface area contributed by atoms with E-state index >= 15 is 0 Å². The first-order chi connectivity index (χ1) is 11.8. The highest BCUT2D eigenvalue weighted by Crippen LogP contribution is 2.38. The van der Waals surface area contributed by atoms with E-state index < -0.39 is 21.6 Å². The van der Waals surface area contributed by atoms with Gasteiger partial charge in [-0.15, -0.1) is 6.58 Å². The van der Waals surface area contributed by atoms with Gasteiger partial charge in [0.15, 0.2) is 15.0 Å². The number of halogens is 2. The van der Waals surface area contributed by atoms with E-state index in [0.717, 1.165) is 0 Å². The number of hydrogen-bond acceptors (Lipinski definition) is 4. The van der Waals surface area contributed by atoms with Gasteiger partial charge in [0.05, 0.1) is 24.0 Å². The Labute approximate surface area is 154 Å². The molecule has 0 N–H and O–H groups in total. The Morgan fingerprint density at radius 3 is 2.92 bits per heavy atom. The van der Waals surface area contributed by atoms with Gasteiger partial charge < -0.3 is 4.90 Å². The maximum Gasteiger partial charge on any atom is 0.252 e. The number of hydrogen-bond donors (Lipinski definition) is 0. The molecule has 2 fully saturated rings. The van der Waals surface area contributed by atoms with Crippen LogP contribution in [0.25, 0.3) is 0 Å². The molecule has 5 nitrogen and oxygen atoms in total. The summed E-state index contributed by atoms with van der Waals surface area (Å²) in [4.78, 5) is 18.1. The third-order valence-electron chi connectivity index (χ3n) is 4.11. The predicted octanol–water partition coefficient (Wildman–Crippen LogP) is 2.30. The standard InChI is InChI=1S/C16H16ClFN2O3S2/c1-2-6-20-13-8-25(22,23)9-14(13)24-16(20)19-15(21)7-10-11(17)4-3-5-12(10)18/h2-5,13-14H,1,6-9H2/t13-,14+/m0/s1. The summed E-state index contributed by atoms with van der Waals surface area (Å²) in [6.45, 7) is 4.07. The fraction of sp³-hybridized carbons (Fsp3) is 0.375. The van der Waals surface area contributed by atoms with E-state index in [2.05, 4.69) is 11.6 Å². The summed E-state index contributed by atoms with van der Waals surface area (Å²) in [6, 6.07) is 4.02. The van der Waals surface area contributed by atoms with Crippen LogP contribution in [0.1, 0.15) is 5.56 Å².